The lowest BCUT2D eigenvalue weighted by atomic mass is 10.0. The van der Waals surface area contributed by atoms with Crippen molar-refractivity contribution in [2.45, 2.75) is 64.5 Å². The molecule has 1 unspecified atom stereocenters. The van der Waals surface area contributed by atoms with Gasteiger partial charge in [-0.25, -0.2) is 32.7 Å². The summed E-state index contributed by atoms with van der Waals surface area (Å²) in [6.45, 7) is 8.40. The van der Waals surface area contributed by atoms with E-state index in [0.29, 0.717) is 40.5 Å². The standard InChI is InChI=1S/C27H31ClF2N8O4/c1-15-22(34-35-38(15)20-6-7-36(13-19(20)30)25(39)42-26(2,3)4)16-8-21(23-18(28)11-33-37(23)12-16)41-14-27(5,40)24-31-9-17(29)10-32-24/h8-12,19-20,40H,6-7,13-14H2,1-5H3/t19-,20+,27?/m0/s1. The van der Waals surface area contributed by atoms with Gasteiger partial charge >= 0.3 is 6.09 Å². The van der Waals surface area contributed by atoms with Crippen molar-refractivity contribution in [1.29, 1.82) is 0 Å². The molecule has 0 spiro atoms. The average Bonchev–Trinajstić information content (AvgIpc) is 3.48. The highest BCUT2D eigenvalue weighted by molar-refractivity contribution is 6.34. The highest BCUT2D eigenvalue weighted by atomic mass is 35.5. The zero-order valence-electron chi connectivity index (χ0n) is 23.8. The van der Waals surface area contributed by atoms with Gasteiger partial charge in [0.2, 0.25) is 0 Å². The lowest BCUT2D eigenvalue weighted by Crippen LogP contribution is -2.47. The first-order valence-electron chi connectivity index (χ1n) is 13.3. The van der Waals surface area contributed by atoms with E-state index in [1.165, 1.54) is 27.2 Å². The molecular weight excluding hydrogens is 574 g/mol. The summed E-state index contributed by atoms with van der Waals surface area (Å²) >= 11 is 6.38. The monoisotopic (exact) mass is 604 g/mol. The number of likely N-dealkylation sites (tertiary alicyclic amines) is 1. The Morgan fingerprint density at radius 3 is 2.60 bits per heavy atom. The topological polar surface area (TPSA) is 133 Å². The molecule has 0 aromatic carbocycles. The van der Waals surface area contributed by atoms with E-state index in [0.717, 1.165) is 12.4 Å². The number of amides is 1. The molecule has 4 aromatic heterocycles. The molecule has 0 radical (unpaired) electrons. The molecule has 15 heteroatoms. The Labute approximate surface area is 245 Å². The van der Waals surface area contributed by atoms with Crippen molar-refractivity contribution < 1.29 is 28.2 Å². The van der Waals surface area contributed by atoms with Crippen LogP contribution in [0.3, 0.4) is 0 Å². The molecule has 224 valence electrons. The summed E-state index contributed by atoms with van der Waals surface area (Å²) in [6, 6.07) is 1.04. The number of rotatable bonds is 6. The molecule has 0 bridgehead atoms. The van der Waals surface area contributed by atoms with E-state index in [2.05, 4.69) is 25.4 Å². The van der Waals surface area contributed by atoms with E-state index in [4.69, 9.17) is 21.1 Å². The first-order chi connectivity index (χ1) is 19.7. The van der Waals surface area contributed by atoms with Crippen molar-refractivity contribution in [3.05, 3.63) is 53.2 Å². The van der Waals surface area contributed by atoms with Crippen molar-refractivity contribution in [2.24, 2.45) is 0 Å². The summed E-state index contributed by atoms with van der Waals surface area (Å²) in [5.74, 6) is -0.375. The third-order valence-electron chi connectivity index (χ3n) is 6.82. The molecule has 1 aliphatic rings. The van der Waals surface area contributed by atoms with Gasteiger partial charge in [-0.3, -0.25) is 0 Å². The molecule has 0 aliphatic carbocycles. The maximum absolute atomic E-state index is 15.4. The highest BCUT2D eigenvalue weighted by Gasteiger charge is 2.36. The predicted octanol–water partition coefficient (Wildman–Crippen LogP) is 4.29. The van der Waals surface area contributed by atoms with Crippen LogP contribution in [0.2, 0.25) is 5.02 Å². The number of piperidine rings is 1. The van der Waals surface area contributed by atoms with Crippen LogP contribution >= 0.6 is 11.6 Å². The van der Waals surface area contributed by atoms with Gasteiger partial charge in [0.25, 0.3) is 0 Å². The average molecular weight is 605 g/mol. The van der Waals surface area contributed by atoms with Gasteiger partial charge in [-0.1, -0.05) is 16.8 Å². The van der Waals surface area contributed by atoms with Crippen LogP contribution in [-0.2, 0) is 10.3 Å². The molecule has 5 heterocycles. The van der Waals surface area contributed by atoms with Crippen LogP contribution in [0.1, 0.15) is 51.7 Å². The minimum Gasteiger partial charge on any atom is -0.488 e. The molecule has 1 amide bonds. The number of hydrogen-bond acceptors (Lipinski definition) is 9. The number of halogens is 3. The SMILES string of the molecule is Cc1c(-c2cc(OCC(C)(O)c3ncc(F)cn3)c3c(Cl)cnn3c2)nnn1[C@@H]1CCN(C(=O)OC(C)(C)C)C[C@@H]1F. The van der Waals surface area contributed by atoms with E-state index in [-0.39, 0.29) is 24.7 Å². The Morgan fingerprint density at radius 1 is 1.21 bits per heavy atom. The summed E-state index contributed by atoms with van der Waals surface area (Å²) < 4.78 is 43.1. The Bertz CT molecular complexity index is 1600. The van der Waals surface area contributed by atoms with Crippen molar-refractivity contribution in [2.75, 3.05) is 19.7 Å². The summed E-state index contributed by atoms with van der Waals surface area (Å²) in [6.07, 6.45) is 3.44. The maximum atomic E-state index is 15.4. The summed E-state index contributed by atoms with van der Waals surface area (Å²) in [5, 5.41) is 24.1. The van der Waals surface area contributed by atoms with Gasteiger partial charge in [0.15, 0.2) is 17.2 Å². The van der Waals surface area contributed by atoms with Crippen LogP contribution < -0.4 is 4.74 Å². The normalized spacial score (nSPS) is 19.1. The second-order valence-corrected chi connectivity index (χ2v) is 11.8. The number of pyridine rings is 1. The summed E-state index contributed by atoms with van der Waals surface area (Å²) in [5.41, 5.74) is -0.270. The number of carbonyl (C=O) groups excluding carboxylic acids is 1. The van der Waals surface area contributed by atoms with Gasteiger partial charge in [0.05, 0.1) is 41.9 Å². The van der Waals surface area contributed by atoms with E-state index in [9.17, 15) is 14.3 Å². The number of fused-ring (bicyclic) bond motifs is 1. The molecule has 4 aromatic rings. The van der Waals surface area contributed by atoms with Crippen LogP contribution in [0.4, 0.5) is 13.6 Å². The van der Waals surface area contributed by atoms with E-state index < -0.39 is 35.3 Å². The minimum absolute atomic E-state index is 0.0204. The third-order valence-corrected chi connectivity index (χ3v) is 7.09. The molecule has 42 heavy (non-hydrogen) atoms. The molecular formula is C27H31ClF2N8O4. The summed E-state index contributed by atoms with van der Waals surface area (Å²) in [4.78, 5) is 21.5. The van der Waals surface area contributed by atoms with E-state index in [1.54, 1.807) is 40.0 Å². The second kappa shape index (κ2) is 11.1. The predicted molar refractivity (Wildman–Crippen MR) is 147 cm³/mol. The van der Waals surface area contributed by atoms with E-state index >= 15 is 4.39 Å². The zero-order valence-corrected chi connectivity index (χ0v) is 24.5. The quantitative estimate of drug-likeness (QED) is 0.342. The molecule has 0 saturated carbocycles. The van der Waals surface area contributed by atoms with Gasteiger partial charge in [-0.05, 0) is 47.1 Å². The smallest absolute Gasteiger partial charge is 0.410 e. The molecule has 1 aliphatic heterocycles. The second-order valence-electron chi connectivity index (χ2n) is 11.4. The number of aliphatic hydroxyl groups is 1. The number of ether oxygens (including phenoxy) is 2. The van der Waals surface area contributed by atoms with Gasteiger partial charge in [-0.15, -0.1) is 5.10 Å². The van der Waals surface area contributed by atoms with Crippen molar-refractivity contribution in [3.63, 3.8) is 0 Å². The number of hydrogen-bond donors (Lipinski definition) is 1. The fraction of sp³-hybridized carbons (Fsp3) is 0.481. The maximum Gasteiger partial charge on any atom is 0.410 e. The molecule has 1 N–H and O–H groups in total. The number of alkyl halides is 1. The highest BCUT2D eigenvalue weighted by Crippen LogP contribution is 2.35. The van der Waals surface area contributed by atoms with Crippen LogP contribution in [0, 0.1) is 12.7 Å². The summed E-state index contributed by atoms with van der Waals surface area (Å²) in [7, 11) is 0. The zero-order chi connectivity index (χ0) is 30.4. The Morgan fingerprint density at radius 2 is 1.93 bits per heavy atom. The first kappa shape index (κ1) is 29.6. The molecule has 5 rings (SSSR count). The fourth-order valence-corrected chi connectivity index (χ4v) is 4.97. The molecule has 1 fully saturated rings. The van der Waals surface area contributed by atoms with Gasteiger partial charge < -0.3 is 19.5 Å². The van der Waals surface area contributed by atoms with Crippen LogP contribution in [0.25, 0.3) is 16.8 Å². The largest absolute Gasteiger partial charge is 0.488 e. The number of nitrogens with zero attached hydrogens (tertiary/aromatic N) is 8. The fourth-order valence-electron chi connectivity index (χ4n) is 4.74. The lowest BCUT2D eigenvalue weighted by Gasteiger charge is -2.35. The van der Waals surface area contributed by atoms with E-state index in [1.807, 2.05) is 0 Å². The van der Waals surface area contributed by atoms with Gasteiger partial charge in [0, 0.05) is 18.3 Å². The number of carbonyl (C=O) groups is 1. The van der Waals surface area contributed by atoms with Crippen LogP contribution in [0.15, 0.2) is 30.9 Å². The van der Waals surface area contributed by atoms with Crippen molar-refractivity contribution in [1.82, 2.24) is 39.5 Å². The van der Waals surface area contributed by atoms with Gasteiger partial charge in [-0.2, -0.15) is 5.10 Å². The van der Waals surface area contributed by atoms with Crippen molar-refractivity contribution in [3.8, 4) is 17.0 Å². The number of aromatic nitrogens is 7. The van der Waals surface area contributed by atoms with Crippen molar-refractivity contribution >= 4 is 23.2 Å². The Hall–Kier alpha value is -3.91. The van der Waals surface area contributed by atoms with Crippen LogP contribution in [-0.4, -0.2) is 82.1 Å². The Kier molecular flexibility index (Phi) is 7.79. The van der Waals surface area contributed by atoms with Gasteiger partial charge in [0.1, 0.15) is 35.3 Å². The molecule has 12 nitrogen and oxygen atoms in total. The Balaban J connectivity index is 1.39. The minimum atomic E-state index is -1.66. The molecule has 3 atom stereocenters. The lowest BCUT2D eigenvalue weighted by molar-refractivity contribution is 0.0000923. The molecule has 1 saturated heterocycles. The van der Waals surface area contributed by atoms with Crippen LogP contribution in [0.5, 0.6) is 5.75 Å². The first-order valence-corrected chi connectivity index (χ1v) is 13.7. The third kappa shape index (κ3) is 6.00.